The summed E-state index contributed by atoms with van der Waals surface area (Å²) in [5.74, 6) is -1.20. The minimum absolute atomic E-state index is 0.0212. The summed E-state index contributed by atoms with van der Waals surface area (Å²) < 4.78 is 91.0. The molecule has 2 heterocycles. The Morgan fingerprint density at radius 2 is 1.52 bits per heavy atom. The molecule has 1 aliphatic heterocycles. The number of hydrogen-bond donors (Lipinski definition) is 1. The third-order valence-electron chi connectivity index (χ3n) is 7.01. The van der Waals surface area contributed by atoms with Crippen LogP contribution >= 0.6 is 23.2 Å². The summed E-state index contributed by atoms with van der Waals surface area (Å²) in [5, 5.41) is 8.84. The lowest BCUT2D eigenvalue weighted by Crippen LogP contribution is -2.30. The number of aryl methyl sites for hydroxylation is 1. The molecule has 0 saturated heterocycles. The second kappa shape index (κ2) is 10.9. The van der Waals surface area contributed by atoms with Gasteiger partial charge in [0.25, 0.3) is 0 Å². The Morgan fingerprint density at radius 3 is 2.10 bits per heavy atom. The lowest BCUT2D eigenvalue weighted by molar-refractivity contribution is -0.143. The zero-order valence-corrected chi connectivity index (χ0v) is 23.2. The Morgan fingerprint density at radius 1 is 0.881 bits per heavy atom. The topological polar surface area (TPSA) is 60.0 Å². The number of rotatable bonds is 5. The molecular weight excluding hydrogens is 607 g/mol. The second-order valence-corrected chi connectivity index (χ2v) is 10.8. The van der Waals surface area contributed by atoms with Gasteiger partial charge in [0, 0.05) is 25.0 Å². The summed E-state index contributed by atoms with van der Waals surface area (Å²) >= 11 is 12.1. The minimum Gasteiger partial charge on any atom is -0.491 e. The predicted octanol–water partition coefficient (Wildman–Crippen LogP) is 7.80. The summed E-state index contributed by atoms with van der Waals surface area (Å²) in [6, 6.07) is 9.04. The van der Waals surface area contributed by atoms with Crippen LogP contribution < -0.4 is 10.4 Å². The van der Waals surface area contributed by atoms with Crippen molar-refractivity contribution in [2.45, 2.75) is 25.3 Å². The van der Waals surface area contributed by atoms with Gasteiger partial charge in [-0.05, 0) is 65.6 Å². The number of carbonyl (C=O) groups is 1. The van der Waals surface area contributed by atoms with Crippen LogP contribution in [0.25, 0.3) is 11.1 Å². The number of Topliss-reactive ketones (excluding diaryl/α,β-unsaturated/α-hetero) is 1. The van der Waals surface area contributed by atoms with Crippen molar-refractivity contribution in [1.82, 2.24) is 9.13 Å². The maximum atomic E-state index is 13.7. The number of nitrogens with zero attached hydrogens (tertiary/aromatic N) is 2. The monoisotopic (exact) mass is 627 g/mol. The molecule has 0 saturated carbocycles. The molecule has 0 bridgehead atoms. The Hall–Kier alpha value is -3.70. The molecule has 13 heteroatoms. The van der Waals surface area contributed by atoms with E-state index in [0.717, 1.165) is 0 Å². The normalized spacial score (nSPS) is 15.5. The molecular formula is C29H21Cl2F6N3O2. The zero-order chi connectivity index (χ0) is 30.6. The highest BCUT2D eigenvalue weighted by molar-refractivity contribution is 6.42. The summed E-state index contributed by atoms with van der Waals surface area (Å²) in [6.07, 6.45) is -6.70. The highest BCUT2D eigenvalue weighted by Crippen LogP contribution is 2.44. The van der Waals surface area contributed by atoms with E-state index in [9.17, 15) is 31.1 Å². The molecule has 42 heavy (non-hydrogen) atoms. The smallest absolute Gasteiger partial charge is 0.416 e. The van der Waals surface area contributed by atoms with Crippen LogP contribution in [0.2, 0.25) is 10.0 Å². The molecule has 0 spiro atoms. The molecule has 0 fully saturated rings. The van der Waals surface area contributed by atoms with Gasteiger partial charge in [0.05, 0.1) is 45.8 Å². The number of alkyl halides is 6. The number of ketones is 1. The quantitative estimate of drug-likeness (QED) is 0.230. The molecule has 3 aromatic carbocycles. The number of hydrogen-bond acceptors (Lipinski definition) is 3. The Bertz CT molecular complexity index is 1730. The van der Waals surface area contributed by atoms with Crippen molar-refractivity contribution in [3.63, 3.8) is 0 Å². The third kappa shape index (κ3) is 5.94. The molecule has 1 atom stereocenters. The summed E-state index contributed by atoms with van der Waals surface area (Å²) in [4.78, 5) is 13.7. The van der Waals surface area contributed by atoms with Crippen LogP contribution in [0.4, 0.5) is 26.3 Å². The fourth-order valence-electron chi connectivity index (χ4n) is 4.87. The Balaban J connectivity index is 1.66. The van der Waals surface area contributed by atoms with Gasteiger partial charge >= 0.3 is 12.4 Å². The summed E-state index contributed by atoms with van der Waals surface area (Å²) in [7, 11) is 1.64. The first-order valence-electron chi connectivity index (χ1n) is 12.5. The molecule has 1 aliphatic rings. The van der Waals surface area contributed by atoms with Gasteiger partial charge in [-0.25, -0.2) is 0 Å². The first-order valence-corrected chi connectivity index (χ1v) is 13.2. The highest BCUT2D eigenvalue weighted by Gasteiger charge is 2.38. The first kappa shape index (κ1) is 29.8. The van der Waals surface area contributed by atoms with E-state index >= 15 is 0 Å². The number of benzene rings is 3. The molecule has 220 valence electrons. The number of aromatic nitrogens is 2. The second-order valence-electron chi connectivity index (χ2n) is 10.00. The van der Waals surface area contributed by atoms with E-state index in [4.69, 9.17) is 33.3 Å². The SMILES string of the molecule is Cn1ccn(Cc2cc3c(c(-c4cc(C(F)(F)F)cc(C(F)(F)F)c4)c2)OCC(Cc2ccc(Cl)c(Cl)c2)C3=O)c1=N. The van der Waals surface area contributed by atoms with Gasteiger partial charge in [-0.2, -0.15) is 26.3 Å². The third-order valence-corrected chi connectivity index (χ3v) is 7.75. The van der Waals surface area contributed by atoms with Gasteiger partial charge in [-0.1, -0.05) is 29.3 Å². The predicted molar refractivity (Wildman–Crippen MR) is 144 cm³/mol. The van der Waals surface area contributed by atoms with Gasteiger partial charge < -0.3 is 13.9 Å². The maximum Gasteiger partial charge on any atom is 0.416 e. The number of imidazole rings is 1. The summed E-state index contributed by atoms with van der Waals surface area (Å²) in [6.45, 7) is -0.135. The van der Waals surface area contributed by atoms with Gasteiger partial charge in [-0.15, -0.1) is 0 Å². The fourth-order valence-corrected chi connectivity index (χ4v) is 5.19. The van der Waals surface area contributed by atoms with Crippen molar-refractivity contribution in [2.75, 3.05) is 6.61 Å². The largest absolute Gasteiger partial charge is 0.491 e. The lowest BCUT2D eigenvalue weighted by Gasteiger charge is -2.27. The van der Waals surface area contributed by atoms with Gasteiger partial charge in [0.15, 0.2) is 5.78 Å². The van der Waals surface area contributed by atoms with Gasteiger partial charge in [0.2, 0.25) is 5.62 Å². The van der Waals surface area contributed by atoms with E-state index in [-0.39, 0.29) is 48.1 Å². The van der Waals surface area contributed by atoms with Crippen LogP contribution in [0.1, 0.15) is 32.6 Å². The number of ether oxygens (including phenoxy) is 1. The zero-order valence-electron chi connectivity index (χ0n) is 21.7. The average molecular weight is 628 g/mol. The number of carbonyl (C=O) groups excluding carboxylic acids is 1. The van der Waals surface area contributed by atoms with E-state index in [1.165, 1.54) is 21.3 Å². The molecule has 5 rings (SSSR count). The molecule has 5 nitrogen and oxygen atoms in total. The number of fused-ring (bicyclic) bond motifs is 1. The van der Waals surface area contributed by atoms with Crippen molar-refractivity contribution in [1.29, 1.82) is 5.41 Å². The minimum atomic E-state index is -5.06. The van der Waals surface area contributed by atoms with Crippen LogP contribution in [0.15, 0.2) is 60.9 Å². The van der Waals surface area contributed by atoms with E-state index in [1.807, 2.05) is 0 Å². The van der Waals surface area contributed by atoms with E-state index in [1.54, 1.807) is 37.6 Å². The van der Waals surface area contributed by atoms with Crippen molar-refractivity contribution in [2.24, 2.45) is 13.0 Å². The number of nitrogens with one attached hydrogen (secondary N) is 1. The lowest BCUT2D eigenvalue weighted by atomic mass is 9.86. The first-order chi connectivity index (χ1) is 19.6. The molecule has 1 aromatic heterocycles. The fraction of sp³-hybridized carbons (Fsp3) is 0.241. The molecule has 4 aromatic rings. The van der Waals surface area contributed by atoms with Gasteiger partial charge in [-0.3, -0.25) is 10.2 Å². The number of halogens is 8. The van der Waals surface area contributed by atoms with E-state index in [2.05, 4.69) is 0 Å². The van der Waals surface area contributed by atoms with Crippen LogP contribution in [0, 0.1) is 11.3 Å². The van der Waals surface area contributed by atoms with Crippen LogP contribution in [-0.2, 0) is 32.4 Å². The molecule has 1 N–H and O–H groups in total. The van der Waals surface area contributed by atoms with E-state index in [0.29, 0.717) is 33.3 Å². The average Bonchev–Trinajstić information content (AvgIpc) is 3.23. The molecule has 0 amide bonds. The highest BCUT2D eigenvalue weighted by atomic mass is 35.5. The van der Waals surface area contributed by atoms with Crippen molar-refractivity contribution in [3.05, 3.63) is 104 Å². The maximum absolute atomic E-state index is 13.7. The Kier molecular flexibility index (Phi) is 7.69. The molecule has 0 radical (unpaired) electrons. The molecule has 1 unspecified atom stereocenters. The van der Waals surface area contributed by atoms with Gasteiger partial charge in [0.1, 0.15) is 5.75 Å². The van der Waals surface area contributed by atoms with Crippen LogP contribution in [0.3, 0.4) is 0 Å². The van der Waals surface area contributed by atoms with Crippen molar-refractivity contribution < 1.29 is 35.9 Å². The molecule has 0 aliphatic carbocycles. The van der Waals surface area contributed by atoms with Crippen molar-refractivity contribution >= 4 is 29.0 Å². The standard InChI is InChI=1S/C29H21Cl2F6N3O2/c1-39-4-5-40(27(39)38)13-16-7-21(17-10-19(28(32,33)34)12-20(11-17)29(35,36)37)26-22(8-16)25(41)18(14-42-26)6-15-2-3-23(30)24(31)9-15/h2-5,7-12,18,38H,6,13-14H2,1H3. The van der Waals surface area contributed by atoms with Crippen LogP contribution in [-0.4, -0.2) is 21.5 Å². The van der Waals surface area contributed by atoms with E-state index < -0.39 is 40.7 Å². The van der Waals surface area contributed by atoms with Crippen molar-refractivity contribution in [3.8, 4) is 16.9 Å². The Labute approximate surface area is 245 Å². The summed E-state index contributed by atoms with van der Waals surface area (Å²) in [5.41, 5.74) is -2.29. The van der Waals surface area contributed by atoms with Crippen LogP contribution in [0.5, 0.6) is 5.75 Å².